The molecule has 0 saturated heterocycles. The van der Waals surface area contributed by atoms with Crippen molar-refractivity contribution in [1.82, 2.24) is 5.32 Å². The molecule has 1 amide bonds. The number of ether oxygens (including phenoxy) is 1. The Morgan fingerprint density at radius 2 is 1.83 bits per heavy atom. The number of alkyl halides is 5. The van der Waals surface area contributed by atoms with Gasteiger partial charge in [0, 0.05) is 17.1 Å². The predicted molar refractivity (Wildman–Crippen MR) is 70.2 cm³/mol. The first kappa shape index (κ1) is 18.2. The molecule has 0 unspecified atom stereocenters. The van der Waals surface area contributed by atoms with Crippen LogP contribution in [0, 0.1) is 0 Å². The summed E-state index contributed by atoms with van der Waals surface area (Å²) < 4.78 is 39.7. The summed E-state index contributed by atoms with van der Waals surface area (Å²) in [6.45, 7) is 0.356. The summed E-state index contributed by atoms with van der Waals surface area (Å²) in [5, 5.41) is 3.92. The van der Waals surface area contributed by atoms with Crippen molar-refractivity contribution in [2.24, 2.45) is 0 Å². The molecule has 0 saturated carbocycles. The van der Waals surface area contributed by atoms with Gasteiger partial charge in [0.25, 0.3) is 0 Å². The molecule has 0 aromatic carbocycles. The Balaban J connectivity index is 3.97. The maximum Gasteiger partial charge on any atom is 0.411 e. The minimum atomic E-state index is -4.35. The first-order valence-electron chi connectivity index (χ1n) is 5.36. The fourth-order valence-corrected chi connectivity index (χ4v) is 3.09. The summed E-state index contributed by atoms with van der Waals surface area (Å²) in [6.07, 6.45) is -3.73. The van der Waals surface area contributed by atoms with Crippen LogP contribution in [0.2, 0.25) is 0 Å². The highest BCUT2D eigenvalue weighted by Crippen LogP contribution is 2.17. The number of nitrogens with one attached hydrogen (secondary N) is 1. The number of carbonyl (C=O) groups is 1. The summed E-state index contributed by atoms with van der Waals surface area (Å²) in [4.78, 5) is 11.5. The molecule has 0 radical (unpaired) electrons. The standard InChI is InChI=1S/C10H16Br2F3NO2/c1-2-9(5-11,6-12)16-8(17)3-4-18-7-10(13,14)15/h2-7H2,1H3,(H,16,17). The lowest BCUT2D eigenvalue weighted by Gasteiger charge is -2.30. The molecular weight excluding hydrogens is 383 g/mol. The Bertz CT molecular complexity index is 250. The minimum Gasteiger partial charge on any atom is -0.372 e. The van der Waals surface area contributed by atoms with Gasteiger partial charge in [0.05, 0.1) is 12.1 Å². The number of rotatable bonds is 8. The molecule has 3 nitrogen and oxygen atoms in total. The van der Waals surface area contributed by atoms with E-state index < -0.39 is 18.3 Å². The topological polar surface area (TPSA) is 38.3 Å². The van der Waals surface area contributed by atoms with Crippen LogP contribution in [0.4, 0.5) is 13.2 Å². The zero-order chi connectivity index (χ0) is 14.2. The van der Waals surface area contributed by atoms with E-state index in [1.165, 1.54) is 0 Å². The fraction of sp³-hybridized carbons (Fsp3) is 0.900. The monoisotopic (exact) mass is 397 g/mol. The minimum absolute atomic E-state index is 0.0855. The van der Waals surface area contributed by atoms with Crippen molar-refractivity contribution in [2.75, 3.05) is 23.9 Å². The van der Waals surface area contributed by atoms with E-state index in [9.17, 15) is 18.0 Å². The molecule has 1 N–H and O–H groups in total. The lowest BCUT2D eigenvalue weighted by atomic mass is 10.0. The second-order valence-electron chi connectivity index (χ2n) is 3.87. The van der Waals surface area contributed by atoms with Crippen molar-refractivity contribution >= 4 is 37.8 Å². The van der Waals surface area contributed by atoms with Crippen molar-refractivity contribution in [3.63, 3.8) is 0 Å². The zero-order valence-corrected chi connectivity index (χ0v) is 13.1. The summed E-state index contributed by atoms with van der Waals surface area (Å²) in [5.41, 5.74) is -0.416. The Labute approximate surface area is 121 Å². The first-order chi connectivity index (χ1) is 8.28. The van der Waals surface area contributed by atoms with Gasteiger partial charge in [0.1, 0.15) is 6.61 Å². The van der Waals surface area contributed by atoms with Crippen LogP contribution in [-0.2, 0) is 9.53 Å². The van der Waals surface area contributed by atoms with E-state index in [4.69, 9.17) is 0 Å². The Kier molecular flexibility index (Phi) is 8.45. The highest BCUT2D eigenvalue weighted by molar-refractivity contribution is 9.09. The average Bonchev–Trinajstić information content (AvgIpc) is 2.31. The molecule has 0 aliphatic rings. The van der Waals surface area contributed by atoms with E-state index in [0.29, 0.717) is 17.1 Å². The second kappa shape index (κ2) is 8.37. The van der Waals surface area contributed by atoms with Gasteiger partial charge in [-0.1, -0.05) is 38.8 Å². The molecule has 8 heteroatoms. The quantitative estimate of drug-likeness (QED) is 0.504. The summed E-state index contributed by atoms with van der Waals surface area (Å²) in [5.74, 6) is -0.321. The highest BCUT2D eigenvalue weighted by Gasteiger charge is 2.29. The molecule has 0 heterocycles. The van der Waals surface area contributed by atoms with Crippen LogP contribution in [0.25, 0.3) is 0 Å². The smallest absolute Gasteiger partial charge is 0.372 e. The molecule has 18 heavy (non-hydrogen) atoms. The van der Waals surface area contributed by atoms with Crippen LogP contribution < -0.4 is 5.32 Å². The van der Waals surface area contributed by atoms with Gasteiger partial charge in [-0.15, -0.1) is 0 Å². The van der Waals surface area contributed by atoms with Crippen LogP contribution in [0.15, 0.2) is 0 Å². The molecule has 108 valence electrons. The van der Waals surface area contributed by atoms with Crippen molar-refractivity contribution in [1.29, 1.82) is 0 Å². The molecule has 0 fully saturated rings. The van der Waals surface area contributed by atoms with E-state index in [1.807, 2.05) is 6.92 Å². The van der Waals surface area contributed by atoms with Crippen molar-refractivity contribution < 1.29 is 22.7 Å². The van der Waals surface area contributed by atoms with Crippen LogP contribution in [0.3, 0.4) is 0 Å². The maximum absolute atomic E-state index is 11.8. The third-order valence-corrected chi connectivity index (χ3v) is 4.48. The second-order valence-corrected chi connectivity index (χ2v) is 4.99. The number of hydrogen-bond donors (Lipinski definition) is 1. The molecular formula is C10H16Br2F3NO2. The molecule has 0 aromatic heterocycles. The third-order valence-electron chi connectivity index (χ3n) is 2.33. The number of halogens is 5. The van der Waals surface area contributed by atoms with Gasteiger partial charge >= 0.3 is 6.18 Å². The first-order valence-corrected chi connectivity index (χ1v) is 7.60. The lowest BCUT2D eigenvalue weighted by Crippen LogP contribution is -2.51. The molecule has 0 aliphatic heterocycles. The van der Waals surface area contributed by atoms with Gasteiger partial charge in [-0.05, 0) is 6.42 Å². The number of amides is 1. The fourth-order valence-electron chi connectivity index (χ4n) is 1.09. The molecule has 0 bridgehead atoms. The largest absolute Gasteiger partial charge is 0.411 e. The van der Waals surface area contributed by atoms with Crippen LogP contribution >= 0.6 is 31.9 Å². The van der Waals surface area contributed by atoms with E-state index in [1.54, 1.807) is 0 Å². The van der Waals surface area contributed by atoms with E-state index >= 15 is 0 Å². The Hall–Kier alpha value is 0.180. The van der Waals surface area contributed by atoms with Gasteiger partial charge in [0.15, 0.2) is 0 Å². The van der Waals surface area contributed by atoms with Gasteiger partial charge in [-0.3, -0.25) is 4.79 Å². The van der Waals surface area contributed by atoms with E-state index in [-0.39, 0.29) is 18.9 Å². The Morgan fingerprint density at radius 1 is 1.28 bits per heavy atom. The van der Waals surface area contributed by atoms with Gasteiger partial charge in [-0.2, -0.15) is 13.2 Å². The van der Waals surface area contributed by atoms with E-state index in [0.717, 1.165) is 0 Å². The number of carbonyl (C=O) groups excluding carboxylic acids is 1. The highest BCUT2D eigenvalue weighted by atomic mass is 79.9. The normalized spacial score (nSPS) is 12.6. The number of hydrogen-bond acceptors (Lipinski definition) is 2. The summed E-state index contributed by atoms with van der Waals surface area (Å²) >= 11 is 6.61. The Morgan fingerprint density at radius 3 is 2.22 bits per heavy atom. The van der Waals surface area contributed by atoms with Gasteiger partial charge in [0.2, 0.25) is 5.91 Å². The van der Waals surface area contributed by atoms with Crippen LogP contribution in [0.1, 0.15) is 19.8 Å². The summed E-state index contributed by atoms with van der Waals surface area (Å²) in [7, 11) is 0. The van der Waals surface area contributed by atoms with Crippen molar-refractivity contribution in [3.05, 3.63) is 0 Å². The predicted octanol–water partition coefficient (Wildman–Crippen LogP) is 3.01. The molecule has 0 rings (SSSR count). The zero-order valence-electron chi connectivity index (χ0n) is 9.95. The van der Waals surface area contributed by atoms with E-state index in [2.05, 4.69) is 41.9 Å². The third kappa shape index (κ3) is 7.58. The van der Waals surface area contributed by atoms with Crippen LogP contribution in [0.5, 0.6) is 0 Å². The van der Waals surface area contributed by atoms with Crippen LogP contribution in [-0.4, -0.2) is 41.5 Å². The summed E-state index contributed by atoms with van der Waals surface area (Å²) in [6, 6.07) is 0. The van der Waals surface area contributed by atoms with Gasteiger partial charge in [-0.25, -0.2) is 0 Å². The maximum atomic E-state index is 11.8. The molecule has 0 aromatic rings. The molecule has 0 spiro atoms. The molecule has 0 aliphatic carbocycles. The molecule has 0 atom stereocenters. The lowest BCUT2D eigenvalue weighted by molar-refractivity contribution is -0.174. The van der Waals surface area contributed by atoms with Crippen molar-refractivity contribution in [2.45, 2.75) is 31.5 Å². The van der Waals surface area contributed by atoms with Gasteiger partial charge < -0.3 is 10.1 Å². The van der Waals surface area contributed by atoms with Crippen molar-refractivity contribution in [3.8, 4) is 0 Å². The average molecular weight is 399 g/mol. The SMILES string of the molecule is CCC(CBr)(CBr)NC(=O)CCOCC(F)(F)F.